The van der Waals surface area contributed by atoms with Crippen molar-refractivity contribution in [3.05, 3.63) is 56.8 Å². The zero-order chi connectivity index (χ0) is 19.8. The molecule has 0 aliphatic rings. The van der Waals surface area contributed by atoms with Gasteiger partial charge in [-0.2, -0.15) is 22.7 Å². The zero-order valence-corrected chi connectivity index (χ0v) is 19.4. The predicted octanol–water partition coefficient (Wildman–Crippen LogP) is 4.05. The van der Waals surface area contributed by atoms with Crippen molar-refractivity contribution in [2.45, 2.75) is 0 Å². The molecule has 2 aromatic carbocycles. The Morgan fingerprint density at radius 2 is 1.19 bits per heavy atom. The third kappa shape index (κ3) is 5.83. The van der Waals surface area contributed by atoms with Crippen LogP contribution in [0.4, 0.5) is 0 Å². The molecule has 2 aromatic heterocycles. The van der Waals surface area contributed by atoms with Gasteiger partial charge >= 0.3 is 35.3 Å². The number of benzene rings is 2. The summed E-state index contributed by atoms with van der Waals surface area (Å²) >= 11 is 2.02. The molecule has 0 saturated carbocycles. The maximum absolute atomic E-state index is 9.13. The first-order valence-electron chi connectivity index (χ1n) is 7.11. The summed E-state index contributed by atoms with van der Waals surface area (Å²) in [4.78, 5) is 8.02. The molecule has 0 amide bonds. The van der Waals surface area contributed by atoms with Crippen LogP contribution in [0.3, 0.4) is 0 Å². The van der Waals surface area contributed by atoms with E-state index in [1.807, 2.05) is 36.4 Å². The molecule has 0 saturated heterocycles. The van der Waals surface area contributed by atoms with Crippen molar-refractivity contribution in [2.24, 2.45) is 0 Å². The van der Waals surface area contributed by atoms with Gasteiger partial charge in [0.25, 0.3) is 0 Å². The van der Waals surface area contributed by atoms with Crippen LogP contribution in [0.25, 0.3) is 31.3 Å². The Labute approximate surface area is 179 Å². The van der Waals surface area contributed by atoms with Crippen LogP contribution in [-0.4, -0.2) is 14.2 Å². The third-order valence-corrected chi connectivity index (χ3v) is 4.83. The Bertz CT molecular complexity index is 1030. The number of methoxy groups -OCH3 is 2. The summed E-state index contributed by atoms with van der Waals surface area (Å²) in [5.74, 6) is 1.40. The number of fused-ring (bicyclic) bond motifs is 2. The number of hydrogen-bond acceptors (Lipinski definition) is 4. The molecule has 6 nitrogen and oxygen atoms in total. The first kappa shape index (κ1) is 22.0. The third-order valence-electron chi connectivity index (χ3n) is 3.18. The molecule has 0 radical (unpaired) electrons. The number of aromatic nitrogens is 2. The van der Waals surface area contributed by atoms with Crippen LogP contribution in [0, 0.1) is 0 Å². The van der Waals surface area contributed by atoms with Crippen LogP contribution in [0.15, 0.2) is 36.4 Å². The molecule has 0 N–H and O–H groups in total. The number of rotatable bonds is 2. The summed E-state index contributed by atoms with van der Waals surface area (Å²) < 4.78 is 12.0. The summed E-state index contributed by atoms with van der Waals surface area (Å²) in [6, 6.07) is 11.2. The second kappa shape index (κ2) is 10.9. The van der Waals surface area contributed by atoms with Crippen molar-refractivity contribution in [3.63, 3.8) is 0 Å². The van der Waals surface area contributed by atoms with Crippen LogP contribution < -0.4 is 29.0 Å². The topological polar surface area (TPSA) is 91.3 Å². The van der Waals surface area contributed by atoms with Gasteiger partial charge in [-0.1, -0.05) is 23.2 Å². The molecule has 4 rings (SSSR count). The van der Waals surface area contributed by atoms with E-state index in [0.29, 0.717) is 11.5 Å². The minimum atomic E-state index is -0.472. The molecule has 0 unspecified atom stereocenters. The fourth-order valence-corrected chi connectivity index (χ4v) is 3.60. The van der Waals surface area contributed by atoms with Crippen LogP contribution >= 0.6 is 41.5 Å². The molecule has 2 heterocycles. The van der Waals surface area contributed by atoms with Gasteiger partial charge in [0.05, 0.1) is 14.2 Å². The van der Waals surface area contributed by atoms with Gasteiger partial charge in [-0.15, -0.1) is 0 Å². The van der Waals surface area contributed by atoms with E-state index < -0.39 is 16.5 Å². The Morgan fingerprint density at radius 3 is 1.52 bits per heavy atom. The molecule has 0 aliphatic carbocycles. The molecule has 148 valence electrons. The van der Waals surface area contributed by atoms with E-state index >= 15 is 0 Å². The van der Waals surface area contributed by atoms with Crippen molar-refractivity contribution >= 4 is 61.9 Å². The number of hydrogen-bond donors (Lipinski definition) is 0. The molecule has 4 aromatic rings. The number of para-hydroxylation sites is 2. The van der Waals surface area contributed by atoms with Gasteiger partial charge in [-0.3, -0.25) is 0 Å². The molecule has 27 heavy (non-hydrogen) atoms. The maximum atomic E-state index is 9.13. The Morgan fingerprint density at radius 1 is 0.815 bits per heavy atom. The van der Waals surface area contributed by atoms with Gasteiger partial charge in [0.1, 0.15) is 11.5 Å². The monoisotopic (exact) mass is 621 g/mol. The van der Waals surface area contributed by atoms with Gasteiger partial charge in [0.15, 0.2) is 0 Å². The van der Waals surface area contributed by atoms with Crippen molar-refractivity contribution in [3.8, 4) is 11.5 Å². The van der Waals surface area contributed by atoms with Crippen LogP contribution in [-0.2, 0) is 16.5 Å². The Kier molecular flexibility index (Phi) is 8.86. The van der Waals surface area contributed by atoms with Crippen LogP contribution in [0.2, 0.25) is 0 Å². The number of nitrogens with zero attached hydrogens (tertiary/aromatic N) is 4. The molecule has 0 aliphatic heterocycles. The summed E-state index contributed by atoms with van der Waals surface area (Å²) in [6.45, 7) is 0. The molecule has 0 atom stereocenters. The number of ether oxygens (including phenoxy) is 2. The molecule has 11 heteroatoms. The molecule has 0 fully saturated rings. The standard InChI is InChI=1S/2C8H6N2OS.2ClH.Pt/c2*1-11-5-3-2-4-6-7(5)10-8(9)12-6;;;/h2*2-4H,1H3;2*1H;/q2*-2;;;+2/p-2. The number of thiazole rings is 2. The average molecular weight is 622 g/mol. The van der Waals surface area contributed by atoms with Gasteiger partial charge in [0, 0.05) is 9.40 Å². The first-order valence-corrected chi connectivity index (χ1v) is 14.4. The minimum absolute atomic E-state index is 0.0782. The van der Waals surface area contributed by atoms with Crippen molar-refractivity contribution in [2.75, 3.05) is 14.2 Å². The summed E-state index contributed by atoms with van der Waals surface area (Å²) in [6.07, 6.45) is 0. The van der Waals surface area contributed by atoms with Gasteiger partial charge in [-0.25, -0.2) is 9.60 Å². The fourth-order valence-electron chi connectivity index (χ4n) is 2.15. The molecule has 0 bridgehead atoms. The van der Waals surface area contributed by atoms with E-state index in [4.69, 9.17) is 39.1 Å². The number of halogens is 2. The fraction of sp³-hybridized carbons (Fsp3) is 0.125. The van der Waals surface area contributed by atoms with Crippen LogP contribution in [0.5, 0.6) is 11.5 Å². The van der Waals surface area contributed by atoms with E-state index in [2.05, 4.69) is 9.97 Å². The summed E-state index contributed by atoms with van der Waals surface area (Å²) in [5.41, 5.74) is 1.45. The van der Waals surface area contributed by atoms with E-state index in [1.165, 1.54) is 22.7 Å². The van der Waals surface area contributed by atoms with E-state index in [1.54, 1.807) is 14.2 Å². The summed E-state index contributed by atoms with van der Waals surface area (Å²) in [7, 11) is 12.9. The second-order valence-electron chi connectivity index (χ2n) is 4.65. The second-order valence-corrected chi connectivity index (χ2v) is 9.95. The normalized spacial score (nSPS) is 10.1. The van der Waals surface area contributed by atoms with Gasteiger partial charge < -0.3 is 30.3 Å². The first-order chi connectivity index (χ1) is 13.0. The Hall–Kier alpha value is -1.31. The van der Waals surface area contributed by atoms with Crippen LogP contribution in [0.1, 0.15) is 0 Å². The van der Waals surface area contributed by atoms with Crippen molar-refractivity contribution in [1.82, 2.24) is 9.97 Å². The quantitative estimate of drug-likeness (QED) is 0.338. The molecular weight excluding hydrogens is 610 g/mol. The average Bonchev–Trinajstić information content (AvgIpc) is 3.22. The van der Waals surface area contributed by atoms with Gasteiger partial charge in [-0.05, 0) is 24.3 Å². The van der Waals surface area contributed by atoms with E-state index in [0.717, 1.165) is 20.4 Å². The van der Waals surface area contributed by atoms with Gasteiger partial charge in [0.2, 0.25) is 0 Å². The van der Waals surface area contributed by atoms with Crippen molar-refractivity contribution in [1.29, 1.82) is 0 Å². The Balaban J connectivity index is 0.000000170. The zero-order valence-electron chi connectivity index (χ0n) is 14.0. The summed E-state index contributed by atoms with van der Waals surface area (Å²) in [5, 5.41) is 18.3. The SMILES string of the molecule is COc1cccc2sc(=[N-])[n-]c12.COc1cccc2sc(=[N-])[n-]c12.[Cl][Pt][Cl]. The predicted molar refractivity (Wildman–Crippen MR) is 108 cm³/mol. The molecule has 0 spiro atoms. The van der Waals surface area contributed by atoms with E-state index in [9.17, 15) is 0 Å². The van der Waals surface area contributed by atoms with Crippen molar-refractivity contribution < 1.29 is 26.0 Å². The molecular formula is C16H12Cl2N4O2PtS2-4. The van der Waals surface area contributed by atoms with E-state index in [-0.39, 0.29) is 9.60 Å².